The summed E-state index contributed by atoms with van der Waals surface area (Å²) in [4.78, 5) is 30.6. The summed E-state index contributed by atoms with van der Waals surface area (Å²) in [6.07, 6.45) is 3.83. The van der Waals surface area contributed by atoms with Crippen molar-refractivity contribution >= 4 is 23.2 Å². The minimum atomic E-state index is -1.23. The first-order valence-electron chi connectivity index (χ1n) is 9.04. The number of methoxy groups -OCH3 is 1. The minimum Gasteiger partial charge on any atom is -0.466 e. The van der Waals surface area contributed by atoms with Crippen LogP contribution in [0.25, 0.3) is 5.65 Å². The number of hydrogen-bond donors (Lipinski definition) is 1. The number of pyridine rings is 1. The van der Waals surface area contributed by atoms with E-state index in [1.807, 2.05) is 30.3 Å². The average molecular weight is 393 g/mol. The van der Waals surface area contributed by atoms with Crippen molar-refractivity contribution < 1.29 is 19.2 Å². The molecule has 148 valence electrons. The monoisotopic (exact) mass is 393 g/mol. The van der Waals surface area contributed by atoms with Crippen LogP contribution >= 0.6 is 0 Å². The van der Waals surface area contributed by atoms with Gasteiger partial charge in [-0.2, -0.15) is 0 Å². The van der Waals surface area contributed by atoms with Crippen LogP contribution in [0.3, 0.4) is 0 Å². The van der Waals surface area contributed by atoms with Crippen LogP contribution in [0.4, 0.5) is 0 Å². The van der Waals surface area contributed by atoms with Crippen molar-refractivity contribution in [1.29, 1.82) is 0 Å². The van der Waals surface area contributed by atoms with Gasteiger partial charge in [0.05, 0.1) is 24.9 Å². The first-order valence-corrected chi connectivity index (χ1v) is 9.04. The van der Waals surface area contributed by atoms with E-state index in [2.05, 4.69) is 20.7 Å². The van der Waals surface area contributed by atoms with Gasteiger partial charge in [0.1, 0.15) is 6.33 Å². The highest BCUT2D eigenvalue weighted by atomic mass is 16.7. The number of nitrogens with zero attached hydrogens (tertiary/aromatic N) is 4. The molecule has 0 aliphatic carbocycles. The van der Waals surface area contributed by atoms with E-state index in [4.69, 9.17) is 9.57 Å². The molecule has 9 heteroatoms. The molecule has 1 aliphatic heterocycles. The van der Waals surface area contributed by atoms with Gasteiger partial charge in [0.25, 0.3) is 5.91 Å². The summed E-state index contributed by atoms with van der Waals surface area (Å²) in [6.45, 7) is 0.140. The van der Waals surface area contributed by atoms with Gasteiger partial charge in [0.15, 0.2) is 5.65 Å². The lowest BCUT2D eigenvalue weighted by Gasteiger charge is -2.23. The van der Waals surface area contributed by atoms with Gasteiger partial charge < -0.3 is 14.9 Å². The highest BCUT2D eigenvalue weighted by Crippen LogP contribution is 2.29. The van der Waals surface area contributed by atoms with E-state index in [0.717, 1.165) is 5.56 Å². The van der Waals surface area contributed by atoms with Crippen LogP contribution in [0.1, 0.15) is 22.3 Å². The molecule has 1 aliphatic rings. The van der Waals surface area contributed by atoms with Crippen LogP contribution in [0.5, 0.6) is 0 Å². The van der Waals surface area contributed by atoms with Crippen LogP contribution in [0.2, 0.25) is 0 Å². The van der Waals surface area contributed by atoms with E-state index in [1.54, 1.807) is 22.7 Å². The lowest BCUT2D eigenvalue weighted by Crippen LogP contribution is -2.43. The Labute approximate surface area is 166 Å². The van der Waals surface area contributed by atoms with Crippen LogP contribution in [-0.2, 0) is 20.8 Å². The van der Waals surface area contributed by atoms with E-state index < -0.39 is 11.6 Å². The summed E-state index contributed by atoms with van der Waals surface area (Å²) in [5, 5.41) is 14.6. The molecular weight excluding hydrogens is 374 g/mol. The maximum absolute atomic E-state index is 12.6. The summed E-state index contributed by atoms with van der Waals surface area (Å²) in [5.74, 6) is -0.815. The zero-order chi connectivity index (χ0) is 20.3. The molecule has 9 nitrogen and oxygen atoms in total. The van der Waals surface area contributed by atoms with Gasteiger partial charge in [-0.25, -0.2) is 4.79 Å². The smallest absolute Gasteiger partial charge is 0.353 e. The quantitative estimate of drug-likeness (QED) is 0.634. The molecule has 1 amide bonds. The number of ether oxygens (including phenoxy) is 1. The average Bonchev–Trinajstić information content (AvgIpc) is 3.39. The molecule has 3 aromatic rings. The molecule has 0 bridgehead atoms. The lowest BCUT2D eigenvalue weighted by atomic mass is 9.89. The molecule has 1 aromatic carbocycles. The van der Waals surface area contributed by atoms with Crippen LogP contribution in [-0.4, -0.2) is 51.4 Å². The Hall–Kier alpha value is -3.75. The SMILES string of the molecule is COC(=O)C1(Cc2ccccc2)CC(CNC(=O)c2cccn3cnnc23)=NO1. The number of amides is 1. The van der Waals surface area contributed by atoms with Gasteiger partial charge in [0, 0.05) is 19.0 Å². The summed E-state index contributed by atoms with van der Waals surface area (Å²) >= 11 is 0. The number of carbonyl (C=O) groups is 2. The number of carbonyl (C=O) groups excluding carboxylic acids is 2. The number of benzene rings is 1. The summed E-state index contributed by atoms with van der Waals surface area (Å²) in [7, 11) is 1.32. The largest absolute Gasteiger partial charge is 0.466 e. The number of fused-ring (bicyclic) bond motifs is 1. The molecule has 0 spiro atoms. The van der Waals surface area contributed by atoms with Gasteiger partial charge in [-0.15, -0.1) is 10.2 Å². The third kappa shape index (κ3) is 3.66. The standard InChI is InChI=1S/C20H19N5O4/c1-28-19(27)20(10-14-6-3-2-4-7-14)11-15(24-29-20)12-21-18(26)16-8-5-9-25-13-22-23-17(16)25/h2-9,13H,10-12H2,1H3,(H,21,26). The molecule has 3 heterocycles. The molecule has 0 saturated carbocycles. The van der Waals surface area contributed by atoms with E-state index >= 15 is 0 Å². The summed E-state index contributed by atoms with van der Waals surface area (Å²) in [5.41, 5.74) is 1.10. The third-order valence-corrected chi connectivity index (χ3v) is 4.75. The number of esters is 1. The Balaban J connectivity index is 1.44. The van der Waals surface area contributed by atoms with Gasteiger partial charge in [-0.05, 0) is 17.7 Å². The Kier molecular flexibility index (Phi) is 4.94. The zero-order valence-electron chi connectivity index (χ0n) is 15.7. The number of hydrogen-bond acceptors (Lipinski definition) is 7. The second-order valence-corrected chi connectivity index (χ2v) is 6.74. The Morgan fingerprint density at radius 3 is 2.86 bits per heavy atom. The number of aromatic nitrogens is 3. The molecule has 1 unspecified atom stereocenters. The van der Waals surface area contributed by atoms with Crippen molar-refractivity contribution in [2.75, 3.05) is 13.7 Å². The summed E-state index contributed by atoms with van der Waals surface area (Å²) < 4.78 is 6.61. The van der Waals surface area contributed by atoms with E-state index in [9.17, 15) is 9.59 Å². The lowest BCUT2D eigenvalue weighted by molar-refractivity contribution is -0.166. The predicted octanol–water partition coefficient (Wildman–Crippen LogP) is 1.39. The highest BCUT2D eigenvalue weighted by molar-refractivity contribution is 6.03. The maximum Gasteiger partial charge on any atom is 0.353 e. The number of rotatable bonds is 6. The first kappa shape index (κ1) is 18.6. The normalized spacial score (nSPS) is 18.2. The summed E-state index contributed by atoms with van der Waals surface area (Å²) in [6, 6.07) is 12.9. The van der Waals surface area contributed by atoms with Gasteiger partial charge in [-0.3, -0.25) is 9.20 Å². The maximum atomic E-state index is 12.6. The van der Waals surface area contributed by atoms with Crippen molar-refractivity contribution in [3.63, 3.8) is 0 Å². The highest BCUT2D eigenvalue weighted by Gasteiger charge is 2.47. The molecule has 0 saturated heterocycles. The fourth-order valence-corrected chi connectivity index (χ4v) is 3.33. The van der Waals surface area contributed by atoms with Crippen LogP contribution in [0.15, 0.2) is 60.1 Å². The molecule has 0 radical (unpaired) electrons. The van der Waals surface area contributed by atoms with E-state index in [1.165, 1.54) is 13.4 Å². The topological polar surface area (TPSA) is 107 Å². The van der Waals surface area contributed by atoms with E-state index in [0.29, 0.717) is 23.3 Å². The second kappa shape index (κ2) is 7.70. The Morgan fingerprint density at radius 1 is 1.24 bits per heavy atom. The fourth-order valence-electron chi connectivity index (χ4n) is 3.33. The van der Waals surface area contributed by atoms with Crippen LogP contribution in [0, 0.1) is 0 Å². The molecular formula is C20H19N5O4. The van der Waals surface area contributed by atoms with Gasteiger partial charge >= 0.3 is 5.97 Å². The molecule has 0 fully saturated rings. The molecule has 2 aromatic heterocycles. The predicted molar refractivity (Wildman–Crippen MR) is 103 cm³/mol. The van der Waals surface area contributed by atoms with Crippen molar-refractivity contribution in [1.82, 2.24) is 19.9 Å². The Morgan fingerprint density at radius 2 is 2.07 bits per heavy atom. The number of nitrogens with one attached hydrogen (secondary N) is 1. The van der Waals surface area contributed by atoms with E-state index in [-0.39, 0.29) is 18.9 Å². The minimum absolute atomic E-state index is 0.140. The Bertz CT molecular complexity index is 1080. The fraction of sp³-hybridized carbons (Fsp3) is 0.250. The molecule has 4 rings (SSSR count). The first-order chi connectivity index (χ1) is 14.1. The van der Waals surface area contributed by atoms with Crippen molar-refractivity contribution in [3.05, 3.63) is 66.1 Å². The van der Waals surface area contributed by atoms with Gasteiger partial charge in [0.2, 0.25) is 5.60 Å². The number of oxime groups is 1. The third-order valence-electron chi connectivity index (χ3n) is 4.75. The molecule has 29 heavy (non-hydrogen) atoms. The molecule has 1 atom stereocenters. The van der Waals surface area contributed by atoms with Crippen LogP contribution < -0.4 is 5.32 Å². The van der Waals surface area contributed by atoms with Crippen molar-refractivity contribution in [2.24, 2.45) is 5.16 Å². The second-order valence-electron chi connectivity index (χ2n) is 6.74. The zero-order valence-corrected chi connectivity index (χ0v) is 15.7. The van der Waals surface area contributed by atoms with Crippen molar-refractivity contribution in [2.45, 2.75) is 18.4 Å². The van der Waals surface area contributed by atoms with Crippen molar-refractivity contribution in [3.8, 4) is 0 Å². The van der Waals surface area contributed by atoms with Gasteiger partial charge in [-0.1, -0.05) is 35.5 Å². The molecule has 1 N–H and O–H groups in total.